The third-order valence-corrected chi connectivity index (χ3v) is 5.12. The monoisotopic (exact) mass is 464 g/mol. The highest BCUT2D eigenvalue weighted by Gasteiger charge is 2.19. The molecular weight excluding hydrogens is 450 g/mol. The first-order valence-corrected chi connectivity index (χ1v) is 10.2. The van der Waals surface area contributed by atoms with Gasteiger partial charge in [-0.2, -0.15) is 15.1 Å². The van der Waals surface area contributed by atoms with Crippen molar-refractivity contribution >= 4 is 28.5 Å². The van der Waals surface area contributed by atoms with E-state index in [1.165, 1.54) is 6.07 Å². The first-order chi connectivity index (χ1) is 16.1. The minimum absolute atomic E-state index is 0.159. The van der Waals surface area contributed by atoms with Crippen molar-refractivity contribution in [1.82, 2.24) is 25.1 Å². The molecule has 0 fully saturated rings. The lowest BCUT2D eigenvalue weighted by Gasteiger charge is -2.11. The number of pyridine rings is 1. The quantitative estimate of drug-likeness (QED) is 0.332. The van der Waals surface area contributed by atoms with Crippen LogP contribution in [-0.4, -0.2) is 25.1 Å². The van der Waals surface area contributed by atoms with E-state index in [9.17, 15) is 8.78 Å². The van der Waals surface area contributed by atoms with E-state index < -0.39 is 11.6 Å². The van der Waals surface area contributed by atoms with Crippen molar-refractivity contribution in [2.45, 2.75) is 6.54 Å². The lowest BCUT2D eigenvalue weighted by molar-refractivity contribution is 0.410. The predicted octanol–water partition coefficient (Wildman–Crippen LogP) is 5.75. The standard InChI is InChI=1S/C23H15ClF2N6O/c24-16-7-2-1-6-15(16)20-19-21(28-12-14-5-3-4-10-27-14)29-23(30-22(19)32-31-20)33-18-9-8-13(25)11-17(18)26/h1-11H,12H2,(H2,28,29,30,31,32). The Hall–Kier alpha value is -4.11. The molecule has 5 rings (SSSR count). The number of rotatable bonds is 6. The van der Waals surface area contributed by atoms with Gasteiger partial charge in [0.2, 0.25) is 0 Å². The summed E-state index contributed by atoms with van der Waals surface area (Å²) in [6.07, 6.45) is 1.69. The van der Waals surface area contributed by atoms with Crippen molar-refractivity contribution in [2.24, 2.45) is 0 Å². The van der Waals surface area contributed by atoms with E-state index >= 15 is 0 Å². The Morgan fingerprint density at radius 1 is 1.00 bits per heavy atom. The van der Waals surface area contributed by atoms with Crippen LogP contribution >= 0.6 is 11.6 Å². The summed E-state index contributed by atoms with van der Waals surface area (Å²) in [5.41, 5.74) is 2.38. The topological polar surface area (TPSA) is 88.6 Å². The van der Waals surface area contributed by atoms with Gasteiger partial charge >= 0.3 is 6.01 Å². The summed E-state index contributed by atoms with van der Waals surface area (Å²) >= 11 is 6.39. The average Bonchev–Trinajstić information content (AvgIpc) is 3.24. The molecule has 3 aromatic heterocycles. The molecule has 0 aliphatic heterocycles. The molecule has 2 N–H and O–H groups in total. The van der Waals surface area contributed by atoms with Gasteiger partial charge in [0.05, 0.1) is 23.3 Å². The molecular formula is C23H15ClF2N6O. The van der Waals surface area contributed by atoms with E-state index in [2.05, 4.69) is 30.5 Å². The summed E-state index contributed by atoms with van der Waals surface area (Å²) in [7, 11) is 0. The molecule has 164 valence electrons. The molecule has 0 bridgehead atoms. The van der Waals surface area contributed by atoms with E-state index in [4.69, 9.17) is 16.3 Å². The zero-order valence-electron chi connectivity index (χ0n) is 16.9. The first-order valence-electron chi connectivity index (χ1n) is 9.86. The molecule has 0 saturated heterocycles. The molecule has 3 heterocycles. The van der Waals surface area contributed by atoms with Crippen molar-refractivity contribution in [3.05, 3.63) is 89.2 Å². The molecule has 0 spiro atoms. The SMILES string of the molecule is Fc1ccc(Oc2nc(NCc3ccccn3)c3c(-c4ccccc4Cl)[nH]nc3n2)c(F)c1. The van der Waals surface area contributed by atoms with Gasteiger partial charge in [0, 0.05) is 22.8 Å². The molecule has 5 aromatic rings. The molecule has 33 heavy (non-hydrogen) atoms. The number of hydrogen-bond donors (Lipinski definition) is 2. The van der Waals surface area contributed by atoms with E-state index in [1.807, 2.05) is 36.4 Å². The van der Waals surface area contributed by atoms with E-state index in [0.717, 1.165) is 17.8 Å². The van der Waals surface area contributed by atoms with Gasteiger partial charge in [-0.05, 0) is 30.3 Å². The molecule has 0 atom stereocenters. The summed E-state index contributed by atoms with van der Waals surface area (Å²) in [4.78, 5) is 13.0. The largest absolute Gasteiger partial charge is 0.421 e. The van der Waals surface area contributed by atoms with Crippen LogP contribution < -0.4 is 10.1 Å². The number of H-pyrrole nitrogens is 1. The van der Waals surface area contributed by atoms with Gasteiger partial charge in [-0.25, -0.2) is 8.78 Å². The Bertz CT molecular complexity index is 1440. The Kier molecular flexibility index (Phi) is 5.54. The van der Waals surface area contributed by atoms with Crippen molar-refractivity contribution in [2.75, 3.05) is 5.32 Å². The molecule has 7 nitrogen and oxygen atoms in total. The highest BCUT2D eigenvalue weighted by Crippen LogP contribution is 2.36. The van der Waals surface area contributed by atoms with Crippen LogP contribution in [-0.2, 0) is 6.54 Å². The molecule has 2 aromatic carbocycles. The number of ether oxygens (including phenoxy) is 1. The number of benzene rings is 2. The number of anilines is 1. The maximum atomic E-state index is 14.1. The molecule has 0 unspecified atom stereocenters. The van der Waals surface area contributed by atoms with Crippen molar-refractivity contribution in [3.8, 4) is 23.0 Å². The van der Waals surface area contributed by atoms with E-state index in [0.29, 0.717) is 34.0 Å². The highest BCUT2D eigenvalue weighted by molar-refractivity contribution is 6.33. The highest BCUT2D eigenvalue weighted by atomic mass is 35.5. The van der Waals surface area contributed by atoms with E-state index in [1.54, 1.807) is 12.3 Å². The molecule has 0 aliphatic rings. The van der Waals surface area contributed by atoms with Gasteiger partial charge in [-0.1, -0.05) is 35.9 Å². The van der Waals surface area contributed by atoms with Gasteiger partial charge in [-0.15, -0.1) is 0 Å². The van der Waals surface area contributed by atoms with Crippen LogP contribution in [0.5, 0.6) is 11.8 Å². The molecule has 10 heteroatoms. The minimum atomic E-state index is -0.875. The Morgan fingerprint density at radius 2 is 1.85 bits per heavy atom. The lowest BCUT2D eigenvalue weighted by Crippen LogP contribution is -2.05. The Morgan fingerprint density at radius 3 is 2.64 bits per heavy atom. The van der Waals surface area contributed by atoms with Gasteiger partial charge in [0.1, 0.15) is 11.6 Å². The summed E-state index contributed by atoms with van der Waals surface area (Å²) in [5.74, 6) is -1.42. The minimum Gasteiger partial charge on any atom is -0.421 e. The van der Waals surface area contributed by atoms with Gasteiger partial charge in [-0.3, -0.25) is 10.1 Å². The number of nitrogens with zero attached hydrogens (tertiary/aromatic N) is 4. The summed E-state index contributed by atoms with van der Waals surface area (Å²) in [6, 6.07) is 15.7. The maximum Gasteiger partial charge on any atom is 0.326 e. The van der Waals surface area contributed by atoms with Crippen LogP contribution in [0, 0.1) is 11.6 Å². The second kappa shape index (κ2) is 8.79. The predicted molar refractivity (Wildman–Crippen MR) is 120 cm³/mol. The average molecular weight is 465 g/mol. The van der Waals surface area contributed by atoms with Gasteiger partial charge in [0.25, 0.3) is 0 Å². The second-order valence-corrected chi connectivity index (χ2v) is 7.39. The number of hydrogen-bond acceptors (Lipinski definition) is 6. The summed E-state index contributed by atoms with van der Waals surface area (Å²) in [6.45, 7) is 0.352. The van der Waals surface area contributed by atoms with Crippen LogP contribution in [0.1, 0.15) is 5.69 Å². The van der Waals surface area contributed by atoms with Crippen LogP contribution in [0.2, 0.25) is 5.02 Å². The molecule has 0 aliphatic carbocycles. The van der Waals surface area contributed by atoms with Crippen molar-refractivity contribution in [1.29, 1.82) is 0 Å². The smallest absolute Gasteiger partial charge is 0.326 e. The van der Waals surface area contributed by atoms with Crippen LogP contribution in [0.15, 0.2) is 66.9 Å². The number of aromatic nitrogens is 5. The Balaban J connectivity index is 1.59. The zero-order valence-corrected chi connectivity index (χ0v) is 17.6. The lowest BCUT2D eigenvalue weighted by atomic mass is 10.1. The fourth-order valence-electron chi connectivity index (χ4n) is 3.27. The summed E-state index contributed by atoms with van der Waals surface area (Å²) in [5, 5.41) is 11.5. The fraction of sp³-hybridized carbons (Fsp3) is 0.0435. The molecule has 0 saturated carbocycles. The zero-order chi connectivity index (χ0) is 22.8. The van der Waals surface area contributed by atoms with Crippen molar-refractivity contribution < 1.29 is 13.5 Å². The number of halogens is 3. The van der Waals surface area contributed by atoms with E-state index in [-0.39, 0.29) is 17.4 Å². The first kappa shape index (κ1) is 20.8. The fourth-order valence-corrected chi connectivity index (χ4v) is 3.50. The van der Waals surface area contributed by atoms with Gasteiger partial charge < -0.3 is 10.1 Å². The second-order valence-electron chi connectivity index (χ2n) is 6.98. The Labute approximate surface area is 191 Å². The molecule has 0 radical (unpaired) electrons. The molecule has 0 amide bonds. The number of aromatic amines is 1. The van der Waals surface area contributed by atoms with Crippen molar-refractivity contribution in [3.63, 3.8) is 0 Å². The van der Waals surface area contributed by atoms with Crippen LogP contribution in [0.25, 0.3) is 22.3 Å². The third kappa shape index (κ3) is 4.31. The van der Waals surface area contributed by atoms with Crippen LogP contribution in [0.3, 0.4) is 0 Å². The van der Waals surface area contributed by atoms with Gasteiger partial charge in [0.15, 0.2) is 17.2 Å². The maximum absolute atomic E-state index is 14.1. The number of nitrogens with one attached hydrogen (secondary N) is 2. The number of fused-ring (bicyclic) bond motifs is 1. The summed E-state index contributed by atoms with van der Waals surface area (Å²) < 4.78 is 32.9. The van der Waals surface area contributed by atoms with Crippen LogP contribution in [0.4, 0.5) is 14.6 Å². The third-order valence-electron chi connectivity index (χ3n) is 4.79. The normalized spacial score (nSPS) is 11.0.